The van der Waals surface area contributed by atoms with Gasteiger partial charge in [-0.25, -0.2) is 0 Å². The molecular weight excluding hydrogens is 228 g/mol. The van der Waals surface area contributed by atoms with Gasteiger partial charge in [0.25, 0.3) is 0 Å². The Kier molecular flexibility index (Phi) is 2.92. The van der Waals surface area contributed by atoms with Crippen LogP contribution in [0.3, 0.4) is 0 Å². The van der Waals surface area contributed by atoms with E-state index in [1.165, 1.54) is 6.42 Å². The van der Waals surface area contributed by atoms with Gasteiger partial charge in [0, 0.05) is 6.61 Å². The summed E-state index contributed by atoms with van der Waals surface area (Å²) in [5, 5.41) is 9.61. The first-order chi connectivity index (χ1) is 8.57. The van der Waals surface area contributed by atoms with Gasteiger partial charge >= 0.3 is 5.97 Å². The number of hydrogen-bond donors (Lipinski definition) is 1. The Balaban J connectivity index is 1.78. The number of carboxylic acids is 1. The molecule has 2 unspecified atom stereocenters. The second-order valence-corrected chi connectivity index (χ2v) is 6.93. The van der Waals surface area contributed by atoms with Gasteiger partial charge < -0.3 is 9.84 Å². The van der Waals surface area contributed by atoms with Crippen LogP contribution in [0.5, 0.6) is 0 Å². The molecule has 0 aromatic carbocycles. The number of aliphatic carboxylic acids is 1. The monoisotopic (exact) mass is 252 g/mol. The number of ether oxygens (including phenoxy) is 1. The van der Waals surface area contributed by atoms with Gasteiger partial charge in [-0.15, -0.1) is 0 Å². The van der Waals surface area contributed by atoms with E-state index >= 15 is 0 Å². The van der Waals surface area contributed by atoms with E-state index in [0.717, 1.165) is 51.6 Å². The maximum absolute atomic E-state index is 11.7. The van der Waals surface area contributed by atoms with E-state index in [4.69, 9.17) is 4.74 Å². The maximum atomic E-state index is 11.7. The lowest BCUT2D eigenvalue weighted by molar-refractivity contribution is -0.206. The Labute approximate surface area is 109 Å². The SMILES string of the molecule is CCCCOC12CC3CC(C1)CC(C(=O)O)(C3)C2. The van der Waals surface area contributed by atoms with Crippen molar-refractivity contribution in [2.24, 2.45) is 17.3 Å². The highest BCUT2D eigenvalue weighted by Crippen LogP contribution is 2.62. The van der Waals surface area contributed by atoms with Crippen molar-refractivity contribution in [3.05, 3.63) is 0 Å². The lowest BCUT2D eigenvalue weighted by Crippen LogP contribution is -2.59. The predicted molar refractivity (Wildman–Crippen MR) is 68.3 cm³/mol. The molecule has 18 heavy (non-hydrogen) atoms. The average molecular weight is 252 g/mol. The zero-order valence-corrected chi connectivity index (χ0v) is 11.3. The molecule has 0 aromatic rings. The van der Waals surface area contributed by atoms with Crippen LogP contribution in [0.4, 0.5) is 0 Å². The quantitative estimate of drug-likeness (QED) is 0.764. The fraction of sp³-hybridized carbons (Fsp3) is 0.933. The fourth-order valence-electron chi connectivity index (χ4n) is 5.03. The second-order valence-electron chi connectivity index (χ2n) is 6.93. The predicted octanol–water partition coefficient (Wildman–Crippen LogP) is 3.23. The van der Waals surface area contributed by atoms with Crippen molar-refractivity contribution in [1.29, 1.82) is 0 Å². The summed E-state index contributed by atoms with van der Waals surface area (Å²) in [5.41, 5.74) is -0.534. The van der Waals surface area contributed by atoms with Crippen LogP contribution in [0, 0.1) is 17.3 Å². The van der Waals surface area contributed by atoms with E-state index in [1.54, 1.807) is 0 Å². The number of unbranched alkanes of at least 4 members (excludes halogenated alkanes) is 1. The molecule has 0 radical (unpaired) electrons. The molecule has 4 aliphatic carbocycles. The van der Waals surface area contributed by atoms with Crippen molar-refractivity contribution in [2.45, 2.75) is 63.9 Å². The molecule has 4 aliphatic rings. The third-order valence-corrected chi connectivity index (χ3v) is 5.37. The van der Waals surface area contributed by atoms with Gasteiger partial charge in [0.1, 0.15) is 0 Å². The normalized spacial score (nSPS) is 45.4. The Morgan fingerprint density at radius 2 is 1.94 bits per heavy atom. The zero-order valence-electron chi connectivity index (χ0n) is 11.3. The highest BCUT2D eigenvalue weighted by molar-refractivity contribution is 5.75. The van der Waals surface area contributed by atoms with Gasteiger partial charge in [0.05, 0.1) is 11.0 Å². The molecule has 1 N–H and O–H groups in total. The molecule has 102 valence electrons. The molecule has 0 heterocycles. The number of rotatable bonds is 5. The minimum atomic E-state index is -0.569. The molecule has 4 rings (SSSR count). The average Bonchev–Trinajstić information content (AvgIpc) is 2.27. The first-order valence-electron chi connectivity index (χ1n) is 7.45. The van der Waals surface area contributed by atoms with Crippen LogP contribution < -0.4 is 0 Å². The number of carboxylic acid groups (broad SMARTS) is 1. The summed E-state index contributed by atoms with van der Waals surface area (Å²) in [7, 11) is 0. The minimum absolute atomic E-state index is 0.0857. The molecule has 0 saturated heterocycles. The van der Waals surface area contributed by atoms with Crippen LogP contribution in [0.25, 0.3) is 0 Å². The summed E-state index contributed by atoms with van der Waals surface area (Å²) in [6.45, 7) is 2.98. The molecule has 0 aromatic heterocycles. The standard InChI is InChI=1S/C15H24O3/c1-2-3-4-18-15-8-11-5-12(9-15)7-14(6-11,10-15)13(16)17/h11-12H,2-10H2,1H3,(H,16,17). The number of hydrogen-bond acceptors (Lipinski definition) is 2. The van der Waals surface area contributed by atoms with Crippen LogP contribution in [0.1, 0.15) is 58.3 Å². The summed E-state index contributed by atoms with van der Waals surface area (Å²) >= 11 is 0. The molecule has 4 fully saturated rings. The van der Waals surface area contributed by atoms with Crippen molar-refractivity contribution in [1.82, 2.24) is 0 Å². The van der Waals surface area contributed by atoms with Crippen LogP contribution in [0.2, 0.25) is 0 Å². The highest BCUT2D eigenvalue weighted by atomic mass is 16.5. The van der Waals surface area contributed by atoms with E-state index in [1.807, 2.05) is 0 Å². The van der Waals surface area contributed by atoms with Crippen molar-refractivity contribution < 1.29 is 14.6 Å². The van der Waals surface area contributed by atoms with E-state index in [9.17, 15) is 9.90 Å². The largest absolute Gasteiger partial charge is 0.481 e. The van der Waals surface area contributed by atoms with Gasteiger partial charge in [-0.05, 0) is 56.8 Å². The van der Waals surface area contributed by atoms with Crippen molar-refractivity contribution in [3.63, 3.8) is 0 Å². The van der Waals surface area contributed by atoms with Crippen LogP contribution in [-0.2, 0) is 9.53 Å². The van der Waals surface area contributed by atoms with Crippen LogP contribution in [0.15, 0.2) is 0 Å². The first kappa shape index (κ1) is 12.5. The molecule has 3 heteroatoms. The van der Waals surface area contributed by atoms with Crippen LogP contribution >= 0.6 is 0 Å². The summed E-state index contributed by atoms with van der Waals surface area (Å²) < 4.78 is 6.19. The van der Waals surface area contributed by atoms with Gasteiger partial charge in [-0.3, -0.25) is 4.79 Å². The van der Waals surface area contributed by atoms with E-state index in [2.05, 4.69) is 6.92 Å². The maximum Gasteiger partial charge on any atom is 0.309 e. The second kappa shape index (κ2) is 4.22. The van der Waals surface area contributed by atoms with Crippen LogP contribution in [-0.4, -0.2) is 23.3 Å². The van der Waals surface area contributed by atoms with Gasteiger partial charge in [0.15, 0.2) is 0 Å². The van der Waals surface area contributed by atoms with Gasteiger partial charge in [-0.1, -0.05) is 13.3 Å². The van der Waals surface area contributed by atoms with Crippen molar-refractivity contribution in [3.8, 4) is 0 Å². The third-order valence-electron chi connectivity index (χ3n) is 5.37. The lowest BCUT2D eigenvalue weighted by atomic mass is 9.48. The van der Waals surface area contributed by atoms with E-state index in [0.29, 0.717) is 11.8 Å². The molecule has 4 bridgehead atoms. The Morgan fingerprint density at radius 3 is 2.50 bits per heavy atom. The topological polar surface area (TPSA) is 46.5 Å². The number of carbonyl (C=O) groups is 1. The molecular formula is C15H24O3. The fourth-order valence-corrected chi connectivity index (χ4v) is 5.03. The van der Waals surface area contributed by atoms with E-state index < -0.39 is 11.4 Å². The van der Waals surface area contributed by atoms with Crippen molar-refractivity contribution in [2.75, 3.05) is 6.61 Å². The molecule has 4 saturated carbocycles. The first-order valence-corrected chi connectivity index (χ1v) is 7.45. The van der Waals surface area contributed by atoms with E-state index in [-0.39, 0.29) is 5.60 Å². The molecule has 0 aliphatic heterocycles. The molecule has 0 amide bonds. The smallest absolute Gasteiger partial charge is 0.309 e. The highest BCUT2D eigenvalue weighted by Gasteiger charge is 2.61. The molecule has 2 atom stereocenters. The molecule has 0 spiro atoms. The Bertz CT molecular complexity index is 336. The van der Waals surface area contributed by atoms with Gasteiger partial charge in [0.2, 0.25) is 0 Å². The summed E-state index contributed by atoms with van der Waals surface area (Å²) in [4.78, 5) is 11.7. The lowest BCUT2D eigenvalue weighted by Gasteiger charge is -2.60. The molecule has 3 nitrogen and oxygen atoms in total. The van der Waals surface area contributed by atoms with Gasteiger partial charge in [-0.2, -0.15) is 0 Å². The Morgan fingerprint density at radius 1 is 1.28 bits per heavy atom. The van der Waals surface area contributed by atoms with Crippen molar-refractivity contribution >= 4 is 5.97 Å². The summed E-state index contributed by atoms with van der Waals surface area (Å²) in [5.74, 6) is 0.632. The third kappa shape index (κ3) is 1.87. The summed E-state index contributed by atoms with van der Waals surface area (Å²) in [6, 6.07) is 0. The Hall–Kier alpha value is -0.570. The minimum Gasteiger partial charge on any atom is -0.481 e. The zero-order chi connectivity index (χ0) is 12.8. The summed E-state index contributed by atoms with van der Waals surface area (Å²) in [6.07, 6.45) is 8.28.